The third-order valence-corrected chi connectivity index (χ3v) is 5.58. The Bertz CT molecular complexity index is 1030. The topological polar surface area (TPSA) is 89.1 Å². The first kappa shape index (κ1) is 20.0. The minimum Gasteiger partial charge on any atom is -0.372 e. The van der Waals surface area contributed by atoms with E-state index in [9.17, 15) is 4.79 Å². The quantitative estimate of drug-likeness (QED) is 0.761. The first-order valence-corrected chi connectivity index (χ1v) is 10.3. The number of hydrogen-bond donors (Lipinski definition) is 2. The first-order chi connectivity index (χ1) is 14.3. The van der Waals surface area contributed by atoms with E-state index in [1.54, 1.807) is 4.68 Å². The van der Waals surface area contributed by atoms with E-state index in [0.29, 0.717) is 11.5 Å². The van der Waals surface area contributed by atoms with Gasteiger partial charge in [-0.25, -0.2) is 4.79 Å². The molecule has 30 heavy (non-hydrogen) atoms. The summed E-state index contributed by atoms with van der Waals surface area (Å²) < 4.78 is 1.59. The normalized spacial score (nSPS) is 19.0. The van der Waals surface area contributed by atoms with Crippen LogP contribution in [-0.4, -0.2) is 44.7 Å². The van der Waals surface area contributed by atoms with Crippen molar-refractivity contribution < 1.29 is 4.79 Å². The number of nitrogens with one attached hydrogen (secondary N) is 1. The van der Waals surface area contributed by atoms with Gasteiger partial charge in [-0.1, -0.05) is 39.0 Å². The Morgan fingerprint density at radius 1 is 1.17 bits per heavy atom. The molecular weight excluding hydrogens is 376 g/mol. The highest BCUT2D eigenvalue weighted by Crippen LogP contribution is 2.25. The molecule has 156 valence electrons. The van der Waals surface area contributed by atoms with Crippen LogP contribution in [0.15, 0.2) is 53.8 Å². The van der Waals surface area contributed by atoms with Crippen molar-refractivity contribution in [1.82, 2.24) is 19.7 Å². The molecule has 1 aliphatic heterocycles. The molecule has 1 unspecified atom stereocenters. The standard InChI is InChI=1S/C23H28N6O/c1-23(2,3)17-6-8-18(9-7-17)29-21(24)26-22(27-29)25-20-11-10-19(14-16(20)15-30)28-12-4-5-13-28/h6-11,14,20H,4-5,12-13H2,1-3H3,(H3,24,25,26,27). The smallest absolute Gasteiger partial charge is 0.245 e. The van der Waals surface area contributed by atoms with Crippen LogP contribution in [0, 0.1) is 0 Å². The van der Waals surface area contributed by atoms with Gasteiger partial charge in [0.2, 0.25) is 11.9 Å². The number of likely N-dealkylation sites (tertiary alicyclic amines) is 1. The van der Waals surface area contributed by atoms with Crippen molar-refractivity contribution in [3.63, 3.8) is 0 Å². The monoisotopic (exact) mass is 404 g/mol. The maximum Gasteiger partial charge on any atom is 0.245 e. The zero-order valence-corrected chi connectivity index (χ0v) is 17.7. The lowest BCUT2D eigenvalue weighted by Crippen LogP contribution is -2.26. The van der Waals surface area contributed by atoms with Crippen LogP contribution in [-0.2, 0) is 10.2 Å². The Hall–Kier alpha value is -3.31. The van der Waals surface area contributed by atoms with Crippen LogP contribution in [0.5, 0.6) is 0 Å². The van der Waals surface area contributed by atoms with Crippen LogP contribution in [0.1, 0.15) is 39.2 Å². The van der Waals surface area contributed by atoms with Crippen molar-refractivity contribution in [2.45, 2.75) is 45.1 Å². The molecule has 1 atom stereocenters. The average Bonchev–Trinajstić information content (AvgIpc) is 3.38. The Morgan fingerprint density at radius 3 is 2.50 bits per heavy atom. The molecule has 2 aliphatic rings. The number of hydrogen-bond acceptors (Lipinski definition) is 6. The first-order valence-electron chi connectivity index (χ1n) is 10.3. The highest BCUT2D eigenvalue weighted by atomic mass is 16.1. The number of rotatable bonds is 4. The highest BCUT2D eigenvalue weighted by Gasteiger charge is 2.22. The fourth-order valence-corrected chi connectivity index (χ4v) is 3.80. The maximum atomic E-state index is 11.6. The summed E-state index contributed by atoms with van der Waals surface area (Å²) in [5, 5.41) is 7.68. The lowest BCUT2D eigenvalue weighted by atomic mass is 9.87. The number of benzene rings is 1. The lowest BCUT2D eigenvalue weighted by molar-refractivity contribution is 0.438. The second-order valence-corrected chi connectivity index (χ2v) is 8.80. The van der Waals surface area contributed by atoms with Crippen molar-refractivity contribution in [2.75, 3.05) is 24.1 Å². The van der Waals surface area contributed by atoms with E-state index in [1.807, 2.05) is 30.4 Å². The summed E-state index contributed by atoms with van der Waals surface area (Å²) in [6, 6.07) is 7.78. The van der Waals surface area contributed by atoms with Gasteiger partial charge in [-0.15, -0.1) is 5.10 Å². The van der Waals surface area contributed by atoms with Crippen molar-refractivity contribution in [2.24, 2.45) is 0 Å². The van der Waals surface area contributed by atoms with Gasteiger partial charge in [0.05, 0.1) is 17.3 Å². The summed E-state index contributed by atoms with van der Waals surface area (Å²) in [7, 11) is 0. The van der Waals surface area contributed by atoms with Gasteiger partial charge < -0.3 is 16.0 Å². The molecule has 4 rings (SSSR count). The number of allylic oxidation sites excluding steroid dienone is 1. The van der Waals surface area contributed by atoms with Gasteiger partial charge in [-0.2, -0.15) is 9.67 Å². The van der Waals surface area contributed by atoms with Crippen molar-refractivity contribution >= 4 is 17.8 Å². The van der Waals surface area contributed by atoms with Gasteiger partial charge in [0, 0.05) is 18.8 Å². The molecule has 0 radical (unpaired) electrons. The summed E-state index contributed by atoms with van der Waals surface area (Å²) in [5.41, 5.74) is 9.83. The van der Waals surface area contributed by atoms with E-state index in [4.69, 9.17) is 5.73 Å². The van der Waals surface area contributed by atoms with Crippen LogP contribution < -0.4 is 11.1 Å². The summed E-state index contributed by atoms with van der Waals surface area (Å²) in [5.74, 6) is 2.71. The zero-order chi connectivity index (χ0) is 21.3. The lowest BCUT2D eigenvalue weighted by Gasteiger charge is -2.24. The molecule has 1 aromatic carbocycles. The van der Waals surface area contributed by atoms with Crippen LogP contribution in [0.3, 0.4) is 0 Å². The minimum atomic E-state index is -0.340. The molecular formula is C23H28N6O. The van der Waals surface area contributed by atoms with Crippen LogP contribution in [0.2, 0.25) is 0 Å². The molecule has 1 aromatic heterocycles. The highest BCUT2D eigenvalue weighted by molar-refractivity contribution is 5.65. The van der Waals surface area contributed by atoms with E-state index < -0.39 is 0 Å². The Morgan fingerprint density at radius 2 is 1.87 bits per heavy atom. The Kier molecular flexibility index (Phi) is 5.22. The van der Waals surface area contributed by atoms with Crippen LogP contribution in [0.4, 0.5) is 11.9 Å². The number of nitrogens with two attached hydrogens (primary N) is 1. The molecule has 0 amide bonds. The third-order valence-electron chi connectivity index (χ3n) is 5.58. The van der Waals surface area contributed by atoms with Gasteiger partial charge in [-0.05, 0) is 48.1 Å². The maximum absolute atomic E-state index is 11.6. The van der Waals surface area contributed by atoms with Gasteiger partial charge in [0.1, 0.15) is 5.94 Å². The largest absolute Gasteiger partial charge is 0.372 e. The number of nitrogens with zero attached hydrogens (tertiary/aromatic N) is 4. The third kappa shape index (κ3) is 4.02. The van der Waals surface area contributed by atoms with Crippen molar-refractivity contribution in [3.8, 4) is 5.69 Å². The Labute approximate surface area is 177 Å². The zero-order valence-electron chi connectivity index (χ0n) is 17.7. The SMILES string of the molecule is CC(C)(C)c1ccc(-n2nc(NC3C=CC(N4CCCC4)=CC3=C=O)nc2N)cc1. The number of carbonyl (C=O) groups excluding carboxylic acids is 1. The van der Waals surface area contributed by atoms with E-state index in [0.717, 1.165) is 24.5 Å². The molecule has 2 heterocycles. The molecule has 0 saturated carbocycles. The molecule has 0 bridgehead atoms. The second-order valence-electron chi connectivity index (χ2n) is 8.80. The predicted molar refractivity (Wildman–Crippen MR) is 119 cm³/mol. The predicted octanol–water partition coefficient (Wildman–Crippen LogP) is 3.24. The summed E-state index contributed by atoms with van der Waals surface area (Å²) in [6.45, 7) is 8.57. The molecule has 1 saturated heterocycles. The summed E-state index contributed by atoms with van der Waals surface area (Å²) >= 11 is 0. The summed E-state index contributed by atoms with van der Waals surface area (Å²) in [6.07, 6.45) is 8.24. The molecule has 7 nitrogen and oxygen atoms in total. The van der Waals surface area contributed by atoms with Crippen LogP contribution in [0.25, 0.3) is 5.69 Å². The Balaban J connectivity index is 1.51. The number of anilines is 2. The van der Waals surface area contributed by atoms with Crippen LogP contribution >= 0.6 is 0 Å². The average molecular weight is 405 g/mol. The number of nitrogen functional groups attached to an aromatic ring is 1. The van der Waals surface area contributed by atoms with Gasteiger partial charge in [0.15, 0.2) is 0 Å². The summed E-state index contributed by atoms with van der Waals surface area (Å²) in [4.78, 5) is 18.2. The molecule has 2 aromatic rings. The number of aromatic nitrogens is 3. The molecule has 7 heteroatoms. The fourth-order valence-electron chi connectivity index (χ4n) is 3.80. The fraction of sp³-hybridized carbons (Fsp3) is 0.391. The second kappa shape index (κ2) is 7.84. The van der Waals surface area contributed by atoms with Gasteiger partial charge in [0.25, 0.3) is 0 Å². The molecule has 3 N–H and O–H groups in total. The van der Waals surface area contributed by atoms with Gasteiger partial charge in [-0.3, -0.25) is 0 Å². The minimum absolute atomic E-state index is 0.0749. The molecule has 1 fully saturated rings. The van der Waals surface area contributed by atoms with Crippen molar-refractivity contribution in [1.29, 1.82) is 0 Å². The van der Waals surface area contributed by atoms with E-state index in [2.05, 4.69) is 59.1 Å². The molecule has 1 aliphatic carbocycles. The van der Waals surface area contributed by atoms with E-state index in [1.165, 1.54) is 18.4 Å². The van der Waals surface area contributed by atoms with E-state index in [-0.39, 0.29) is 17.4 Å². The molecule has 0 spiro atoms. The van der Waals surface area contributed by atoms with Gasteiger partial charge >= 0.3 is 0 Å². The van der Waals surface area contributed by atoms with E-state index >= 15 is 0 Å². The van der Waals surface area contributed by atoms with Crippen molar-refractivity contribution in [3.05, 3.63) is 59.3 Å².